The molecule has 144 valence electrons. The lowest BCUT2D eigenvalue weighted by atomic mass is 10.0. The third kappa shape index (κ3) is 3.75. The van der Waals surface area contributed by atoms with Gasteiger partial charge in [-0.2, -0.15) is 0 Å². The third-order valence-electron chi connectivity index (χ3n) is 4.91. The van der Waals surface area contributed by atoms with Crippen LogP contribution in [0.25, 0.3) is 22.5 Å². The van der Waals surface area contributed by atoms with E-state index in [-0.39, 0.29) is 6.42 Å². The van der Waals surface area contributed by atoms with E-state index in [1.54, 1.807) is 0 Å². The highest BCUT2D eigenvalue weighted by atomic mass is 16.5. The summed E-state index contributed by atoms with van der Waals surface area (Å²) in [7, 11) is 0. The number of hydrogen-bond acceptors (Lipinski definition) is 3. The number of nitrogens with zero attached hydrogens (tertiary/aromatic N) is 2. The minimum absolute atomic E-state index is 0.214. The Morgan fingerprint density at radius 2 is 1.34 bits per heavy atom. The van der Waals surface area contributed by atoms with Crippen LogP contribution in [0, 0.1) is 5.21 Å². The third-order valence-corrected chi connectivity index (χ3v) is 4.91. The molecule has 1 heterocycles. The second-order valence-electron chi connectivity index (χ2n) is 6.80. The second kappa shape index (κ2) is 8.02. The van der Waals surface area contributed by atoms with Crippen molar-refractivity contribution in [2.75, 3.05) is 0 Å². The maximum Gasteiger partial charge on any atom is 0.248 e. The zero-order valence-corrected chi connectivity index (χ0v) is 15.6. The summed E-state index contributed by atoms with van der Waals surface area (Å²) in [4.78, 5) is 12.1. The molecular weight excluding hydrogens is 364 g/mol. The summed E-state index contributed by atoms with van der Waals surface area (Å²) in [5.41, 5.74) is 3.30. The summed E-state index contributed by atoms with van der Waals surface area (Å²) < 4.78 is 2.26. The van der Waals surface area contributed by atoms with Crippen molar-refractivity contribution < 1.29 is 14.6 Å². The van der Waals surface area contributed by atoms with Crippen molar-refractivity contribution in [3.05, 3.63) is 108 Å². The minimum atomic E-state index is -1.23. The van der Waals surface area contributed by atoms with Gasteiger partial charge in [-0.1, -0.05) is 91.0 Å². The Balaban J connectivity index is 1.92. The predicted molar refractivity (Wildman–Crippen MR) is 108 cm³/mol. The molecule has 29 heavy (non-hydrogen) atoms. The van der Waals surface area contributed by atoms with Gasteiger partial charge in [0.25, 0.3) is 0 Å². The van der Waals surface area contributed by atoms with Crippen LogP contribution in [0.4, 0.5) is 0 Å². The van der Waals surface area contributed by atoms with Gasteiger partial charge in [0.1, 0.15) is 6.04 Å². The quantitative estimate of drug-likeness (QED) is 0.380. The van der Waals surface area contributed by atoms with E-state index in [0.717, 1.165) is 21.4 Å². The van der Waals surface area contributed by atoms with Crippen molar-refractivity contribution in [3.63, 3.8) is 0 Å². The highest BCUT2D eigenvalue weighted by Crippen LogP contribution is 2.33. The number of benzene rings is 3. The molecule has 1 aromatic heterocycles. The van der Waals surface area contributed by atoms with Crippen LogP contribution in [0.5, 0.6) is 0 Å². The van der Waals surface area contributed by atoms with Gasteiger partial charge in [-0.05, 0) is 5.56 Å². The monoisotopic (exact) mass is 383 g/mol. The molecule has 0 fully saturated rings. The highest BCUT2D eigenvalue weighted by molar-refractivity contribution is 5.79. The van der Waals surface area contributed by atoms with Crippen LogP contribution >= 0.6 is 0 Å². The predicted octanol–water partition coefficient (Wildman–Crippen LogP) is 2.99. The van der Waals surface area contributed by atoms with Crippen molar-refractivity contribution in [1.82, 2.24) is 4.57 Å². The molecule has 0 spiro atoms. The standard InChI is InChI=1S/C24H20N2O3/c27-24(28)21(16-18-10-4-1-5-11-18)25-17-26(29)23(20-14-8-3-9-15-20)22(25)19-12-6-2-7-13-19/h1-15,17,21H,16H2,(H,27,28)/p-1/t21-/m1/s1. The molecule has 0 saturated carbocycles. The molecule has 0 bridgehead atoms. The molecule has 0 aliphatic carbocycles. The van der Waals surface area contributed by atoms with Gasteiger partial charge < -0.3 is 15.1 Å². The molecule has 5 nitrogen and oxygen atoms in total. The van der Waals surface area contributed by atoms with E-state index in [1.165, 1.54) is 10.9 Å². The van der Waals surface area contributed by atoms with Gasteiger partial charge in [-0.15, -0.1) is 0 Å². The Morgan fingerprint density at radius 3 is 1.90 bits per heavy atom. The topological polar surface area (TPSA) is 72.0 Å². The van der Waals surface area contributed by atoms with E-state index in [2.05, 4.69) is 0 Å². The first-order valence-corrected chi connectivity index (χ1v) is 9.35. The fourth-order valence-electron chi connectivity index (χ4n) is 3.57. The number of rotatable bonds is 6. The molecule has 5 heteroatoms. The van der Waals surface area contributed by atoms with Crippen molar-refractivity contribution >= 4 is 5.97 Å². The van der Waals surface area contributed by atoms with Crippen LogP contribution in [-0.2, 0) is 11.2 Å². The Kier molecular flexibility index (Phi) is 5.12. The van der Waals surface area contributed by atoms with Gasteiger partial charge >= 0.3 is 0 Å². The maximum atomic E-state index is 12.9. The normalized spacial score (nSPS) is 11.9. The second-order valence-corrected chi connectivity index (χ2v) is 6.80. The van der Waals surface area contributed by atoms with Crippen LogP contribution in [0.2, 0.25) is 0 Å². The maximum absolute atomic E-state index is 12.9. The number of carbonyl (C=O) groups excluding carboxylic acids is 1. The molecule has 4 aromatic rings. The van der Waals surface area contributed by atoms with Gasteiger partial charge in [-0.3, -0.25) is 0 Å². The SMILES string of the molecule is O=C([O-])[C@@H](Cc1ccccc1)n1c[n+]([O-])c(-c2ccccc2)c1-c1ccccc1. The van der Waals surface area contributed by atoms with Crippen LogP contribution in [0.15, 0.2) is 97.3 Å². The number of carboxylic acid groups (broad SMARTS) is 1. The number of aliphatic carboxylic acids is 1. The number of aromatic nitrogens is 2. The zero-order valence-electron chi connectivity index (χ0n) is 15.6. The van der Waals surface area contributed by atoms with E-state index >= 15 is 0 Å². The van der Waals surface area contributed by atoms with Gasteiger partial charge in [0.2, 0.25) is 6.33 Å². The van der Waals surface area contributed by atoms with Crippen LogP contribution < -0.4 is 9.84 Å². The summed E-state index contributed by atoms with van der Waals surface area (Å²) in [6, 6.07) is 26.9. The van der Waals surface area contributed by atoms with Crippen LogP contribution in [0.3, 0.4) is 0 Å². The lowest BCUT2D eigenvalue weighted by molar-refractivity contribution is -0.593. The summed E-state index contributed by atoms with van der Waals surface area (Å²) in [5.74, 6) is -1.23. The molecule has 3 aromatic carbocycles. The summed E-state index contributed by atoms with van der Waals surface area (Å²) in [6.45, 7) is 0. The number of imidazole rings is 1. The van der Waals surface area contributed by atoms with E-state index in [0.29, 0.717) is 11.4 Å². The van der Waals surface area contributed by atoms with Gasteiger partial charge in [0, 0.05) is 17.5 Å². The van der Waals surface area contributed by atoms with E-state index in [4.69, 9.17) is 0 Å². The lowest BCUT2D eigenvalue weighted by Gasteiger charge is -2.17. The first-order valence-electron chi connectivity index (χ1n) is 9.35. The van der Waals surface area contributed by atoms with Crippen molar-refractivity contribution in [2.45, 2.75) is 12.5 Å². The van der Waals surface area contributed by atoms with Gasteiger partial charge in [0.15, 0.2) is 11.4 Å². The number of carbonyl (C=O) groups is 1. The van der Waals surface area contributed by atoms with Crippen molar-refractivity contribution in [3.8, 4) is 22.5 Å². The Bertz CT molecular complexity index is 1110. The molecule has 0 N–H and O–H groups in total. The smallest absolute Gasteiger partial charge is 0.248 e. The first-order chi connectivity index (χ1) is 14.1. The molecular formula is C24H19N2O3-. The Morgan fingerprint density at radius 1 is 0.828 bits per heavy atom. The molecule has 0 aliphatic rings. The summed E-state index contributed by atoms with van der Waals surface area (Å²) in [5, 5.41) is 25.0. The van der Waals surface area contributed by atoms with E-state index in [1.807, 2.05) is 91.0 Å². The Labute approximate surface area is 168 Å². The summed E-state index contributed by atoms with van der Waals surface area (Å²) in [6.07, 6.45) is 1.51. The average Bonchev–Trinajstić information content (AvgIpc) is 3.10. The molecule has 0 aliphatic heterocycles. The van der Waals surface area contributed by atoms with Gasteiger partial charge in [-0.25, -0.2) is 9.30 Å². The largest absolute Gasteiger partial charge is 0.710 e. The van der Waals surface area contributed by atoms with Gasteiger partial charge in [0.05, 0.1) is 5.97 Å². The minimum Gasteiger partial charge on any atom is -0.710 e. The molecule has 0 saturated heterocycles. The molecule has 0 unspecified atom stereocenters. The number of carboxylic acids is 1. The van der Waals surface area contributed by atoms with Crippen molar-refractivity contribution in [1.29, 1.82) is 0 Å². The Hall–Kier alpha value is -3.86. The first kappa shape index (κ1) is 18.5. The fourth-order valence-corrected chi connectivity index (χ4v) is 3.57. The number of hydrogen-bond donors (Lipinski definition) is 0. The van der Waals surface area contributed by atoms with Crippen LogP contribution in [-0.4, -0.2) is 10.5 Å². The van der Waals surface area contributed by atoms with Crippen molar-refractivity contribution in [2.24, 2.45) is 0 Å². The van der Waals surface area contributed by atoms with E-state index in [9.17, 15) is 15.1 Å². The lowest BCUT2D eigenvalue weighted by Crippen LogP contribution is -2.35. The fraction of sp³-hybridized carbons (Fsp3) is 0.0833. The molecule has 0 radical (unpaired) electrons. The highest BCUT2D eigenvalue weighted by Gasteiger charge is 2.29. The van der Waals surface area contributed by atoms with Crippen LogP contribution in [0.1, 0.15) is 11.6 Å². The molecule has 0 amide bonds. The molecule has 1 atom stereocenters. The molecule has 4 rings (SSSR count). The average molecular weight is 383 g/mol. The summed E-state index contributed by atoms with van der Waals surface area (Å²) >= 11 is 0. The van der Waals surface area contributed by atoms with E-state index < -0.39 is 12.0 Å². The zero-order chi connectivity index (χ0) is 20.2.